The number of amides is 1. The van der Waals surface area contributed by atoms with Crippen LogP contribution in [0.5, 0.6) is 0 Å². The summed E-state index contributed by atoms with van der Waals surface area (Å²) in [6, 6.07) is 3.91. The fraction of sp³-hybridized carbons (Fsp3) is 0.435. The maximum absolute atomic E-state index is 13.2. The van der Waals surface area contributed by atoms with Crippen LogP contribution in [0.15, 0.2) is 12.1 Å². The third kappa shape index (κ3) is 4.19. The maximum Gasteiger partial charge on any atom is 0.341 e. The Morgan fingerprint density at radius 1 is 1.32 bits per heavy atom. The molecule has 1 unspecified atom stereocenters. The molecule has 0 fully saturated rings. The first-order chi connectivity index (χ1) is 14.8. The van der Waals surface area contributed by atoms with Crippen molar-refractivity contribution >= 4 is 55.5 Å². The summed E-state index contributed by atoms with van der Waals surface area (Å²) in [4.78, 5) is 32.7. The van der Waals surface area contributed by atoms with Crippen LogP contribution in [0.4, 0.5) is 10.7 Å². The number of hydrogen-bond donors (Lipinski definition) is 2. The Bertz CT molecular complexity index is 1160. The number of fused-ring (bicyclic) bond motifs is 2. The molecule has 0 aliphatic heterocycles. The number of nitrogen functional groups attached to an aromatic ring is 1. The van der Waals surface area contributed by atoms with Gasteiger partial charge in [-0.25, -0.2) is 9.78 Å². The lowest BCUT2D eigenvalue weighted by Crippen LogP contribution is -2.16. The number of ether oxygens (including phenoxy) is 1. The van der Waals surface area contributed by atoms with Gasteiger partial charge in [-0.15, -0.1) is 22.7 Å². The van der Waals surface area contributed by atoms with Crippen LogP contribution < -0.4 is 11.1 Å². The Balaban J connectivity index is 1.67. The first kappa shape index (κ1) is 21.8. The summed E-state index contributed by atoms with van der Waals surface area (Å²) in [5.74, 6) is 0.327. The van der Waals surface area contributed by atoms with Crippen molar-refractivity contribution in [1.29, 1.82) is 0 Å². The molecule has 6 nitrogen and oxygen atoms in total. The van der Waals surface area contributed by atoms with Crippen LogP contribution in [0.3, 0.4) is 0 Å². The van der Waals surface area contributed by atoms with Crippen molar-refractivity contribution in [2.24, 2.45) is 11.8 Å². The number of nitrogens with one attached hydrogen (secondary N) is 1. The van der Waals surface area contributed by atoms with E-state index in [0.717, 1.165) is 52.0 Å². The van der Waals surface area contributed by atoms with Gasteiger partial charge in [-0.2, -0.15) is 0 Å². The van der Waals surface area contributed by atoms with Crippen molar-refractivity contribution in [2.45, 2.75) is 46.5 Å². The lowest BCUT2D eigenvalue weighted by atomic mass is 9.88. The molecule has 0 spiro atoms. The summed E-state index contributed by atoms with van der Waals surface area (Å²) in [7, 11) is 1.37. The van der Waals surface area contributed by atoms with Crippen LogP contribution in [0, 0.1) is 11.8 Å². The van der Waals surface area contributed by atoms with E-state index in [1.54, 1.807) is 0 Å². The van der Waals surface area contributed by atoms with E-state index < -0.39 is 5.97 Å². The molecule has 3 aromatic heterocycles. The van der Waals surface area contributed by atoms with Crippen LogP contribution >= 0.6 is 22.7 Å². The normalized spacial score (nSPS) is 15.8. The molecule has 164 valence electrons. The molecule has 3 N–H and O–H groups in total. The first-order valence-electron chi connectivity index (χ1n) is 10.5. The highest BCUT2D eigenvalue weighted by Crippen LogP contribution is 2.41. The second-order valence-corrected chi connectivity index (χ2v) is 10.7. The minimum absolute atomic E-state index is 0.317. The number of nitrogens with zero attached hydrogens (tertiary/aromatic N) is 1. The predicted octanol–water partition coefficient (Wildman–Crippen LogP) is 5.30. The second-order valence-electron chi connectivity index (χ2n) is 8.60. The van der Waals surface area contributed by atoms with Crippen LogP contribution in [0.1, 0.15) is 63.4 Å². The second kappa shape index (κ2) is 8.59. The van der Waals surface area contributed by atoms with E-state index in [1.807, 2.05) is 12.1 Å². The van der Waals surface area contributed by atoms with E-state index in [1.165, 1.54) is 29.8 Å². The number of hydrogen-bond acceptors (Lipinski definition) is 7. The molecular formula is C23H27N3O3S2. The zero-order valence-electron chi connectivity index (χ0n) is 18.2. The third-order valence-corrected chi connectivity index (χ3v) is 7.89. The molecule has 1 aliphatic carbocycles. The van der Waals surface area contributed by atoms with Crippen LogP contribution in [-0.2, 0) is 24.0 Å². The molecule has 3 aromatic rings. The van der Waals surface area contributed by atoms with Gasteiger partial charge in [0.15, 0.2) is 0 Å². The molecule has 0 radical (unpaired) electrons. The molecule has 8 heteroatoms. The van der Waals surface area contributed by atoms with E-state index in [2.05, 4.69) is 26.1 Å². The Labute approximate surface area is 189 Å². The highest BCUT2D eigenvalue weighted by molar-refractivity contribution is 7.21. The smallest absolute Gasteiger partial charge is 0.341 e. The average molecular weight is 458 g/mol. The average Bonchev–Trinajstić information content (AvgIpc) is 3.23. The fourth-order valence-electron chi connectivity index (χ4n) is 4.05. The maximum atomic E-state index is 13.2. The number of methoxy groups -OCH3 is 1. The largest absolute Gasteiger partial charge is 0.465 e. The van der Waals surface area contributed by atoms with E-state index >= 15 is 0 Å². The predicted molar refractivity (Wildman–Crippen MR) is 127 cm³/mol. The monoisotopic (exact) mass is 457 g/mol. The summed E-state index contributed by atoms with van der Waals surface area (Å²) in [6.07, 6.45) is 3.63. The van der Waals surface area contributed by atoms with Gasteiger partial charge in [0.2, 0.25) is 0 Å². The van der Waals surface area contributed by atoms with Gasteiger partial charge in [0.1, 0.15) is 14.7 Å². The van der Waals surface area contributed by atoms with Crippen molar-refractivity contribution in [1.82, 2.24) is 4.98 Å². The van der Waals surface area contributed by atoms with E-state index in [-0.39, 0.29) is 5.91 Å². The highest BCUT2D eigenvalue weighted by atomic mass is 32.1. The van der Waals surface area contributed by atoms with Gasteiger partial charge >= 0.3 is 5.97 Å². The number of aromatic nitrogens is 1. The molecule has 0 saturated carbocycles. The van der Waals surface area contributed by atoms with E-state index in [0.29, 0.717) is 33.0 Å². The van der Waals surface area contributed by atoms with Crippen molar-refractivity contribution in [2.75, 3.05) is 18.2 Å². The molecule has 1 atom stereocenters. The number of thiophene rings is 2. The summed E-state index contributed by atoms with van der Waals surface area (Å²) in [5, 5.41) is 4.27. The molecule has 0 aromatic carbocycles. The van der Waals surface area contributed by atoms with Gasteiger partial charge < -0.3 is 15.8 Å². The Morgan fingerprint density at radius 3 is 2.81 bits per heavy atom. The van der Waals surface area contributed by atoms with E-state index in [9.17, 15) is 9.59 Å². The summed E-state index contributed by atoms with van der Waals surface area (Å²) in [6.45, 7) is 6.50. The fourth-order valence-corrected chi connectivity index (χ4v) is 6.45. The van der Waals surface area contributed by atoms with Crippen molar-refractivity contribution in [3.63, 3.8) is 0 Å². The number of carbonyl (C=O) groups excluding carboxylic acids is 2. The van der Waals surface area contributed by atoms with Gasteiger partial charge in [-0.3, -0.25) is 4.79 Å². The van der Waals surface area contributed by atoms with Crippen LogP contribution in [-0.4, -0.2) is 24.0 Å². The van der Waals surface area contributed by atoms with Crippen LogP contribution in [0.2, 0.25) is 0 Å². The highest BCUT2D eigenvalue weighted by Gasteiger charge is 2.29. The van der Waals surface area contributed by atoms with Gasteiger partial charge in [0.05, 0.1) is 18.4 Å². The zero-order valence-corrected chi connectivity index (χ0v) is 19.8. The standard InChI is InChI=1S/C23H27N3O3S2/c1-11(2)9-13-6-8-15-18(24)19(31-21(15)25-13)20(27)26-22-17(23(28)29-4)14-7-5-12(3)10-16(14)30-22/h6,8,11-12H,5,7,9-10,24H2,1-4H3,(H,26,27). The van der Waals surface area contributed by atoms with Gasteiger partial charge in [0, 0.05) is 16.0 Å². The summed E-state index contributed by atoms with van der Waals surface area (Å²) >= 11 is 2.76. The quantitative estimate of drug-likeness (QED) is 0.507. The van der Waals surface area contributed by atoms with Crippen molar-refractivity contribution in [3.8, 4) is 0 Å². The van der Waals surface area contributed by atoms with Crippen molar-refractivity contribution < 1.29 is 14.3 Å². The van der Waals surface area contributed by atoms with Crippen LogP contribution in [0.25, 0.3) is 10.2 Å². The lowest BCUT2D eigenvalue weighted by Gasteiger charge is -2.18. The summed E-state index contributed by atoms with van der Waals surface area (Å²) < 4.78 is 5.02. The van der Waals surface area contributed by atoms with Crippen molar-refractivity contribution in [3.05, 3.63) is 38.7 Å². The van der Waals surface area contributed by atoms with Gasteiger partial charge in [-0.1, -0.05) is 20.8 Å². The summed E-state index contributed by atoms with van der Waals surface area (Å²) in [5.41, 5.74) is 9.22. The number of esters is 1. The van der Waals surface area contributed by atoms with Gasteiger partial charge in [0.25, 0.3) is 5.91 Å². The molecule has 1 aliphatic rings. The zero-order chi connectivity index (χ0) is 22.3. The Kier molecular flexibility index (Phi) is 6.03. The molecule has 4 rings (SSSR count). The third-order valence-electron chi connectivity index (χ3n) is 5.60. The number of anilines is 2. The minimum Gasteiger partial charge on any atom is -0.465 e. The molecular weight excluding hydrogens is 430 g/mol. The number of carbonyl (C=O) groups is 2. The SMILES string of the molecule is COC(=O)c1c(NC(=O)c2sc3nc(CC(C)C)ccc3c2N)sc2c1CCC(C)C2. The molecule has 3 heterocycles. The first-order valence-corrected chi connectivity index (χ1v) is 12.1. The number of rotatable bonds is 5. The number of nitrogens with two attached hydrogens (primary N) is 1. The Morgan fingerprint density at radius 2 is 2.10 bits per heavy atom. The molecule has 0 saturated heterocycles. The molecule has 31 heavy (non-hydrogen) atoms. The molecule has 0 bridgehead atoms. The Hall–Kier alpha value is -2.45. The van der Waals surface area contributed by atoms with Gasteiger partial charge in [-0.05, 0) is 55.2 Å². The topological polar surface area (TPSA) is 94.3 Å². The molecule has 1 amide bonds. The lowest BCUT2D eigenvalue weighted by molar-refractivity contribution is 0.0601. The van der Waals surface area contributed by atoms with E-state index in [4.69, 9.17) is 15.5 Å². The number of pyridine rings is 1. The minimum atomic E-state index is -0.411.